The molecule has 0 fully saturated rings. The summed E-state index contributed by atoms with van der Waals surface area (Å²) in [6.45, 7) is 1.97. The van der Waals surface area contributed by atoms with Crippen LogP contribution in [0, 0.1) is 6.92 Å². The van der Waals surface area contributed by atoms with Crippen LogP contribution in [0.4, 0.5) is 0 Å². The van der Waals surface area contributed by atoms with Crippen LogP contribution in [0.25, 0.3) is 0 Å². The van der Waals surface area contributed by atoms with Crippen LogP contribution in [0.1, 0.15) is 20.8 Å². The third-order valence-corrected chi connectivity index (χ3v) is 3.43. The number of hydrazone groups is 1. The first kappa shape index (κ1) is 12.8. The number of nitrogens with one attached hydrogen (secondary N) is 1. The van der Waals surface area contributed by atoms with Crippen LogP contribution < -0.4 is 5.43 Å². The van der Waals surface area contributed by atoms with Crippen molar-refractivity contribution in [3.05, 3.63) is 56.7 Å². The first-order valence-electron chi connectivity index (χ1n) is 5.30. The Morgan fingerprint density at radius 2 is 2.00 bits per heavy atom. The molecule has 0 atom stereocenters. The SMILES string of the molecule is Cc1ccc(C(=O)NN=Cc2ccc(Cl)s2)cc1. The van der Waals surface area contributed by atoms with Gasteiger partial charge in [0.25, 0.3) is 5.91 Å². The van der Waals surface area contributed by atoms with Crippen molar-refractivity contribution in [1.82, 2.24) is 5.43 Å². The Morgan fingerprint density at radius 3 is 2.61 bits per heavy atom. The van der Waals surface area contributed by atoms with Gasteiger partial charge in [-0.15, -0.1) is 11.3 Å². The Morgan fingerprint density at radius 1 is 1.28 bits per heavy atom. The summed E-state index contributed by atoms with van der Waals surface area (Å²) in [6, 6.07) is 10.9. The van der Waals surface area contributed by atoms with Gasteiger partial charge in [0.05, 0.1) is 10.6 Å². The molecule has 0 radical (unpaired) electrons. The van der Waals surface area contributed by atoms with Gasteiger partial charge >= 0.3 is 0 Å². The molecule has 3 nitrogen and oxygen atoms in total. The van der Waals surface area contributed by atoms with Crippen molar-refractivity contribution in [2.24, 2.45) is 5.10 Å². The Hall–Kier alpha value is -1.65. The average molecular weight is 279 g/mol. The first-order chi connectivity index (χ1) is 8.65. The molecule has 5 heteroatoms. The van der Waals surface area contributed by atoms with E-state index in [1.54, 1.807) is 24.4 Å². The summed E-state index contributed by atoms with van der Waals surface area (Å²) >= 11 is 7.18. The number of nitrogens with zero attached hydrogens (tertiary/aromatic N) is 1. The van der Waals surface area contributed by atoms with E-state index in [1.165, 1.54) is 11.3 Å². The number of carbonyl (C=O) groups is 1. The van der Waals surface area contributed by atoms with E-state index in [9.17, 15) is 4.79 Å². The van der Waals surface area contributed by atoms with E-state index in [1.807, 2.05) is 25.1 Å². The number of halogens is 1. The number of hydrogen-bond donors (Lipinski definition) is 1. The molecule has 0 aliphatic heterocycles. The molecule has 0 bridgehead atoms. The number of thiophene rings is 1. The van der Waals surface area contributed by atoms with E-state index in [4.69, 9.17) is 11.6 Å². The van der Waals surface area contributed by atoms with Gasteiger partial charge in [0.1, 0.15) is 0 Å². The van der Waals surface area contributed by atoms with Crippen molar-refractivity contribution in [2.75, 3.05) is 0 Å². The van der Waals surface area contributed by atoms with Crippen LogP contribution in [-0.4, -0.2) is 12.1 Å². The van der Waals surface area contributed by atoms with Gasteiger partial charge in [-0.05, 0) is 31.2 Å². The van der Waals surface area contributed by atoms with Crippen LogP contribution in [0.15, 0.2) is 41.5 Å². The van der Waals surface area contributed by atoms with Crippen LogP contribution in [-0.2, 0) is 0 Å². The molecule has 0 saturated carbocycles. The zero-order valence-corrected chi connectivity index (χ0v) is 11.3. The van der Waals surface area contributed by atoms with Gasteiger partial charge in [-0.1, -0.05) is 29.3 Å². The lowest BCUT2D eigenvalue weighted by molar-refractivity contribution is 0.0955. The number of carbonyl (C=O) groups excluding carboxylic acids is 1. The molecule has 18 heavy (non-hydrogen) atoms. The predicted molar refractivity (Wildman–Crippen MR) is 75.6 cm³/mol. The Bertz CT molecular complexity index is 575. The second-order valence-corrected chi connectivity index (χ2v) is 5.45. The topological polar surface area (TPSA) is 41.5 Å². The maximum Gasteiger partial charge on any atom is 0.271 e. The highest BCUT2D eigenvalue weighted by molar-refractivity contribution is 7.17. The molecular weight excluding hydrogens is 268 g/mol. The van der Waals surface area contributed by atoms with Crippen molar-refractivity contribution >= 4 is 35.1 Å². The number of benzene rings is 1. The van der Waals surface area contributed by atoms with E-state index in [-0.39, 0.29) is 5.91 Å². The maximum atomic E-state index is 11.7. The quantitative estimate of drug-likeness (QED) is 0.678. The fourth-order valence-electron chi connectivity index (χ4n) is 1.32. The van der Waals surface area contributed by atoms with Crippen LogP contribution in [0.3, 0.4) is 0 Å². The van der Waals surface area contributed by atoms with Crippen molar-refractivity contribution in [2.45, 2.75) is 6.92 Å². The molecule has 0 saturated heterocycles. The molecule has 1 heterocycles. The van der Waals surface area contributed by atoms with E-state index in [0.717, 1.165) is 10.4 Å². The summed E-state index contributed by atoms with van der Waals surface area (Å²) in [5.41, 5.74) is 4.17. The van der Waals surface area contributed by atoms with Gasteiger partial charge in [-0.3, -0.25) is 4.79 Å². The van der Waals surface area contributed by atoms with Gasteiger partial charge in [-0.2, -0.15) is 5.10 Å². The highest BCUT2D eigenvalue weighted by Crippen LogP contribution is 2.19. The highest BCUT2D eigenvalue weighted by atomic mass is 35.5. The summed E-state index contributed by atoms with van der Waals surface area (Å²) < 4.78 is 0.696. The summed E-state index contributed by atoms with van der Waals surface area (Å²) in [5, 5.41) is 3.88. The molecule has 0 aliphatic rings. The zero-order valence-electron chi connectivity index (χ0n) is 9.68. The molecule has 0 spiro atoms. The van der Waals surface area contributed by atoms with Crippen molar-refractivity contribution in [3.8, 4) is 0 Å². The average Bonchev–Trinajstić information content (AvgIpc) is 2.76. The largest absolute Gasteiger partial charge is 0.271 e. The van der Waals surface area contributed by atoms with Gasteiger partial charge in [0.2, 0.25) is 0 Å². The summed E-state index contributed by atoms with van der Waals surface area (Å²) in [5.74, 6) is -0.228. The minimum absolute atomic E-state index is 0.228. The Balaban J connectivity index is 1.96. The van der Waals surface area contributed by atoms with E-state index in [2.05, 4.69) is 10.5 Å². The first-order valence-corrected chi connectivity index (χ1v) is 6.50. The van der Waals surface area contributed by atoms with Crippen molar-refractivity contribution in [1.29, 1.82) is 0 Å². The second-order valence-electron chi connectivity index (χ2n) is 3.71. The molecular formula is C13H11ClN2OS. The minimum atomic E-state index is -0.228. The van der Waals surface area contributed by atoms with Crippen LogP contribution in [0.2, 0.25) is 4.34 Å². The summed E-state index contributed by atoms with van der Waals surface area (Å²) in [4.78, 5) is 12.6. The number of hydrogen-bond acceptors (Lipinski definition) is 3. The molecule has 1 aromatic carbocycles. The molecule has 0 aliphatic carbocycles. The number of aryl methyl sites for hydroxylation is 1. The summed E-state index contributed by atoms with van der Waals surface area (Å²) in [6.07, 6.45) is 1.57. The van der Waals surface area contributed by atoms with Gasteiger partial charge in [-0.25, -0.2) is 5.43 Å². The van der Waals surface area contributed by atoms with E-state index >= 15 is 0 Å². The highest BCUT2D eigenvalue weighted by Gasteiger charge is 2.02. The smallest absolute Gasteiger partial charge is 0.267 e. The molecule has 1 N–H and O–H groups in total. The fraction of sp³-hybridized carbons (Fsp3) is 0.0769. The second kappa shape index (κ2) is 5.80. The lowest BCUT2D eigenvalue weighted by atomic mass is 10.1. The molecule has 2 aromatic rings. The van der Waals surface area contributed by atoms with Gasteiger partial charge in [0, 0.05) is 10.4 Å². The zero-order chi connectivity index (χ0) is 13.0. The lowest BCUT2D eigenvalue weighted by Crippen LogP contribution is -2.17. The van der Waals surface area contributed by atoms with Gasteiger partial charge in [0.15, 0.2) is 0 Å². The number of amides is 1. The third-order valence-electron chi connectivity index (χ3n) is 2.27. The van der Waals surface area contributed by atoms with Crippen molar-refractivity contribution < 1.29 is 4.79 Å². The molecule has 2 rings (SSSR count). The van der Waals surface area contributed by atoms with E-state index in [0.29, 0.717) is 9.90 Å². The lowest BCUT2D eigenvalue weighted by Gasteiger charge is -1.99. The Labute approximate surface area is 114 Å². The standard InChI is InChI=1S/C13H11ClN2OS/c1-9-2-4-10(5-3-9)13(17)16-15-8-11-6-7-12(14)18-11/h2-8H,1H3,(H,16,17). The summed E-state index contributed by atoms with van der Waals surface area (Å²) in [7, 11) is 0. The molecule has 1 aromatic heterocycles. The van der Waals surface area contributed by atoms with Crippen LogP contribution in [0.5, 0.6) is 0 Å². The number of rotatable bonds is 3. The predicted octanol–water partition coefficient (Wildman–Crippen LogP) is 3.47. The van der Waals surface area contributed by atoms with Crippen molar-refractivity contribution in [3.63, 3.8) is 0 Å². The monoisotopic (exact) mass is 278 g/mol. The van der Waals surface area contributed by atoms with E-state index < -0.39 is 0 Å². The maximum absolute atomic E-state index is 11.7. The minimum Gasteiger partial charge on any atom is -0.267 e. The fourth-order valence-corrected chi connectivity index (χ4v) is 2.25. The molecule has 1 amide bonds. The third kappa shape index (κ3) is 3.42. The molecule has 92 valence electrons. The molecule has 0 unspecified atom stereocenters. The Kier molecular flexibility index (Phi) is 4.12. The van der Waals surface area contributed by atoms with Gasteiger partial charge < -0.3 is 0 Å². The normalized spacial score (nSPS) is 10.8. The van der Waals surface area contributed by atoms with Crippen LogP contribution >= 0.6 is 22.9 Å².